The van der Waals surface area contributed by atoms with Crippen molar-refractivity contribution in [2.24, 2.45) is 5.41 Å². The molecule has 0 amide bonds. The lowest BCUT2D eigenvalue weighted by Gasteiger charge is -2.43. The molecule has 13 aromatic rings. The molecule has 0 radical (unpaired) electrons. The SMILES string of the molecule is CC12CCC(C)(CC1)c1cc3c4c5c(cc6c7c(-c8ccccc8)c8c(cc7n(c3cc1C2=O)c64)c1cc(-c2c3c(cc4c2C(C)(C)CC4(C)C)C(C)(C)CC3(C)C)cc2c3c4c(c(C#N)cc3n8c12)C1c2ccccc2C4c2ccccc21)C1CCC5CC1. The Labute approximate surface area is 526 Å². The minimum Gasteiger partial charge on any atom is -0.308 e. The van der Waals surface area contributed by atoms with Gasteiger partial charge in [0.1, 0.15) is 0 Å². The molecule has 11 aliphatic rings. The minimum atomic E-state index is -0.351. The Hall–Kier alpha value is -8.26. The van der Waals surface area contributed by atoms with Crippen molar-refractivity contribution >= 4 is 82.0 Å². The van der Waals surface area contributed by atoms with Gasteiger partial charge in [-0.05, 0) is 235 Å². The summed E-state index contributed by atoms with van der Waals surface area (Å²) < 4.78 is 5.37. The maximum atomic E-state index is 15.4. The highest BCUT2D eigenvalue weighted by Gasteiger charge is 2.53. The van der Waals surface area contributed by atoms with E-state index in [0.29, 0.717) is 17.6 Å². The van der Waals surface area contributed by atoms with Crippen LogP contribution in [0.15, 0.2) is 127 Å². The predicted molar refractivity (Wildman–Crippen MR) is 370 cm³/mol. The highest BCUT2D eigenvalue weighted by molar-refractivity contribution is 6.35. The van der Waals surface area contributed by atoms with Gasteiger partial charge in [0, 0.05) is 71.5 Å². The number of carbonyl (C=O) groups is 1. The number of rotatable bonds is 2. The Morgan fingerprint density at radius 2 is 0.978 bits per heavy atom. The molecule has 4 aromatic heterocycles. The van der Waals surface area contributed by atoms with Gasteiger partial charge in [0.2, 0.25) is 0 Å². The number of fused-ring (bicyclic) bond motifs is 18. The first-order valence-corrected chi connectivity index (χ1v) is 34.2. The average Bonchev–Trinajstić information content (AvgIpc) is 1.44. The fourth-order valence-corrected chi connectivity index (χ4v) is 23.2. The van der Waals surface area contributed by atoms with Crippen LogP contribution in [0.4, 0.5) is 0 Å². The Kier molecular flexibility index (Phi) is 9.09. The third-order valence-electron chi connectivity index (χ3n) is 26.4. The molecule has 0 aliphatic heterocycles. The van der Waals surface area contributed by atoms with Crippen LogP contribution in [-0.2, 0) is 27.1 Å². The molecular formula is C86H75N3O. The van der Waals surface area contributed by atoms with E-state index >= 15 is 4.79 Å². The molecule has 24 rings (SSSR count). The lowest BCUT2D eigenvalue weighted by molar-refractivity contribution is 0.0732. The maximum Gasteiger partial charge on any atom is 0.169 e. The molecule has 0 atom stereocenters. The normalized spacial score (nSPS) is 25.7. The molecule has 4 heterocycles. The van der Waals surface area contributed by atoms with Gasteiger partial charge >= 0.3 is 0 Å². The number of carbonyl (C=O) groups excluding carboxylic acids is 1. The summed E-state index contributed by atoms with van der Waals surface area (Å²) >= 11 is 0. The van der Waals surface area contributed by atoms with E-state index in [-0.39, 0.29) is 44.3 Å². The van der Waals surface area contributed by atoms with Gasteiger partial charge in [-0.3, -0.25) is 4.79 Å². The van der Waals surface area contributed by atoms with Crippen LogP contribution in [0.25, 0.3) is 98.4 Å². The summed E-state index contributed by atoms with van der Waals surface area (Å²) in [5.41, 5.74) is 32.1. The molecule has 2 fully saturated rings. The number of aromatic nitrogens is 2. The van der Waals surface area contributed by atoms with Crippen LogP contribution in [0.1, 0.15) is 245 Å². The molecule has 440 valence electrons. The number of nitrogens with zero attached hydrogens (tertiary/aromatic N) is 3. The van der Waals surface area contributed by atoms with E-state index in [2.05, 4.69) is 212 Å². The fourth-order valence-electron chi connectivity index (χ4n) is 23.2. The molecule has 0 spiro atoms. The largest absolute Gasteiger partial charge is 0.308 e. The van der Waals surface area contributed by atoms with Crippen LogP contribution >= 0.6 is 0 Å². The van der Waals surface area contributed by atoms with Crippen LogP contribution < -0.4 is 0 Å². The van der Waals surface area contributed by atoms with Crippen molar-refractivity contribution < 1.29 is 4.79 Å². The number of hydrogen-bond donors (Lipinski definition) is 0. The van der Waals surface area contributed by atoms with E-state index in [9.17, 15) is 5.26 Å². The summed E-state index contributed by atoms with van der Waals surface area (Å²) in [4.78, 5) is 15.4. The number of nitriles is 1. The molecule has 0 N–H and O–H groups in total. The van der Waals surface area contributed by atoms with Crippen molar-refractivity contribution in [3.63, 3.8) is 0 Å². The van der Waals surface area contributed by atoms with Crippen molar-refractivity contribution in [3.8, 4) is 28.3 Å². The number of Topliss-reactive ketones (excluding diaryl/α,β-unsaturated/α-hetero) is 1. The van der Waals surface area contributed by atoms with E-state index in [0.717, 1.165) is 55.2 Å². The van der Waals surface area contributed by atoms with Gasteiger partial charge in [0.25, 0.3) is 0 Å². The third kappa shape index (κ3) is 5.81. The molecule has 4 nitrogen and oxygen atoms in total. The molecule has 0 unspecified atom stereocenters. The molecule has 9 aromatic carbocycles. The quantitative estimate of drug-likeness (QED) is 0.173. The first-order chi connectivity index (χ1) is 43.2. The van der Waals surface area contributed by atoms with E-state index in [1.807, 2.05) is 0 Å². The minimum absolute atomic E-state index is 0.0104. The van der Waals surface area contributed by atoms with Gasteiger partial charge in [-0.25, -0.2) is 0 Å². The average molecular weight is 1170 g/mol. The molecule has 2 saturated carbocycles. The van der Waals surface area contributed by atoms with Gasteiger partial charge in [-0.15, -0.1) is 0 Å². The highest BCUT2D eigenvalue weighted by atomic mass is 16.1. The summed E-state index contributed by atoms with van der Waals surface area (Å²) in [6, 6.07) is 53.3. The Morgan fingerprint density at radius 3 is 1.61 bits per heavy atom. The Bertz CT molecular complexity index is 5530. The third-order valence-corrected chi connectivity index (χ3v) is 26.4. The Morgan fingerprint density at radius 1 is 0.422 bits per heavy atom. The zero-order valence-corrected chi connectivity index (χ0v) is 53.8. The van der Waals surface area contributed by atoms with Gasteiger partial charge in [0.05, 0.1) is 44.7 Å². The summed E-state index contributed by atoms with van der Waals surface area (Å²) in [5.74, 6) is 1.30. The van der Waals surface area contributed by atoms with Gasteiger partial charge in [-0.1, -0.05) is 154 Å². The smallest absolute Gasteiger partial charge is 0.169 e. The van der Waals surface area contributed by atoms with Crippen LogP contribution in [0.3, 0.4) is 0 Å². The molecule has 0 saturated heterocycles. The van der Waals surface area contributed by atoms with Crippen molar-refractivity contribution in [2.75, 3.05) is 0 Å². The standard InChI is InChI=1S/C86H75N3O/c1-81(2)41-83(5,6)75-60(81)39-61-76(84(7,8)42-82(61,3)4)68(75)46-32-53-54-37-64-71(58-35-52-43-24-26-45(27-25-43)65(52)73-56-36-59-55(38-62(56)88(64)79(58)73)80(90)86(10)30-28-85(59,9)29-31-86)67(44-18-12-11-13-19-44)78(54)89-63-34-47(40-87)66-69-48-20-14-16-22-50(48)70(51-23-17-15-21-49(51)69)74(66)72(63)57(33-46)77(53)89/h11-23,32-39,43,45,69-70H,24-31,41-42H2,1-10H3. The second kappa shape index (κ2) is 15.9. The lowest BCUT2D eigenvalue weighted by atomic mass is 9.59. The van der Waals surface area contributed by atoms with Crippen molar-refractivity contribution in [1.29, 1.82) is 5.26 Å². The zero-order valence-electron chi connectivity index (χ0n) is 53.8. The van der Waals surface area contributed by atoms with Gasteiger partial charge in [-0.2, -0.15) is 5.26 Å². The lowest BCUT2D eigenvalue weighted by Crippen LogP contribution is -2.33. The van der Waals surface area contributed by atoms with Gasteiger partial charge < -0.3 is 8.80 Å². The first-order valence-electron chi connectivity index (χ1n) is 34.2. The van der Waals surface area contributed by atoms with E-state index < -0.39 is 0 Å². The molecular weight excluding hydrogens is 1090 g/mol. The summed E-state index contributed by atoms with van der Waals surface area (Å²) in [6.45, 7) is 24.9. The summed E-state index contributed by atoms with van der Waals surface area (Å²) in [6.07, 6.45) is 11.2. The van der Waals surface area contributed by atoms with Gasteiger partial charge in [0.15, 0.2) is 5.78 Å². The summed E-state index contributed by atoms with van der Waals surface area (Å²) in [5, 5.41) is 22.4. The topological polar surface area (TPSA) is 49.7 Å². The Balaban J connectivity index is 1.01. The molecule has 4 heteroatoms. The van der Waals surface area contributed by atoms with Crippen molar-refractivity contribution in [3.05, 3.63) is 211 Å². The highest BCUT2D eigenvalue weighted by Crippen LogP contribution is 2.65. The van der Waals surface area contributed by atoms with Crippen molar-refractivity contribution in [1.82, 2.24) is 8.80 Å². The zero-order chi connectivity index (χ0) is 60.7. The summed E-state index contributed by atoms with van der Waals surface area (Å²) in [7, 11) is 0. The van der Waals surface area contributed by atoms with Crippen molar-refractivity contribution in [2.45, 2.75) is 184 Å². The second-order valence-electron chi connectivity index (χ2n) is 33.4. The monoisotopic (exact) mass is 1170 g/mol. The first kappa shape index (κ1) is 51.5. The predicted octanol–water partition coefficient (Wildman–Crippen LogP) is 21.9. The second-order valence-corrected chi connectivity index (χ2v) is 33.4. The number of hydrogen-bond acceptors (Lipinski definition) is 2. The van der Waals surface area contributed by atoms with Crippen LogP contribution in [0, 0.1) is 16.7 Å². The maximum absolute atomic E-state index is 15.4. The van der Waals surface area contributed by atoms with E-state index in [1.54, 1.807) is 11.1 Å². The molecule has 90 heavy (non-hydrogen) atoms. The molecule has 6 bridgehead atoms. The van der Waals surface area contributed by atoms with Crippen LogP contribution in [0.2, 0.25) is 0 Å². The molecule has 11 aliphatic carbocycles. The number of benzene rings is 9. The van der Waals surface area contributed by atoms with Crippen LogP contribution in [0.5, 0.6) is 0 Å². The number of ketones is 1. The fraction of sp³-hybridized carbons (Fsp3) is 0.349. The van der Waals surface area contributed by atoms with E-state index in [1.165, 1.54) is 180 Å². The van der Waals surface area contributed by atoms with E-state index in [4.69, 9.17) is 0 Å². The van der Waals surface area contributed by atoms with Crippen LogP contribution in [-0.4, -0.2) is 14.6 Å².